The van der Waals surface area contributed by atoms with E-state index in [9.17, 15) is 4.79 Å². The summed E-state index contributed by atoms with van der Waals surface area (Å²) < 4.78 is 10.9. The van der Waals surface area contributed by atoms with Crippen LogP contribution in [0.25, 0.3) is 11.0 Å². The van der Waals surface area contributed by atoms with Crippen molar-refractivity contribution in [1.29, 1.82) is 0 Å². The Labute approximate surface area is 181 Å². The largest absolute Gasteiger partial charge is 0.481 e. The Morgan fingerprint density at radius 2 is 1.94 bits per heavy atom. The smallest absolute Gasteiger partial charge is 0.414 e. The van der Waals surface area contributed by atoms with E-state index < -0.39 is 0 Å². The van der Waals surface area contributed by atoms with Gasteiger partial charge in [-0.05, 0) is 31.3 Å². The zero-order valence-electron chi connectivity index (χ0n) is 17.6. The molecule has 2 aliphatic heterocycles. The molecule has 160 valence electrons. The Kier molecular flexibility index (Phi) is 5.07. The van der Waals surface area contributed by atoms with E-state index in [1.807, 2.05) is 54.7 Å². The number of amides is 1. The van der Waals surface area contributed by atoms with Gasteiger partial charge in [0, 0.05) is 43.6 Å². The van der Waals surface area contributed by atoms with Gasteiger partial charge in [0.1, 0.15) is 11.6 Å². The zero-order chi connectivity index (χ0) is 21.4. The van der Waals surface area contributed by atoms with Crippen LogP contribution in [0.2, 0.25) is 0 Å². The summed E-state index contributed by atoms with van der Waals surface area (Å²) in [6.07, 6.45) is 1.40. The second-order valence-electron chi connectivity index (χ2n) is 8.00. The van der Waals surface area contributed by atoms with Crippen LogP contribution in [-0.4, -0.2) is 73.4 Å². The molecule has 31 heavy (non-hydrogen) atoms. The van der Waals surface area contributed by atoms with Crippen molar-refractivity contribution >= 4 is 28.5 Å². The highest BCUT2D eigenvalue weighted by molar-refractivity contribution is 5.90. The van der Waals surface area contributed by atoms with Gasteiger partial charge in [-0.1, -0.05) is 18.2 Å². The molecule has 0 unspecified atom stereocenters. The van der Waals surface area contributed by atoms with Gasteiger partial charge in [-0.25, -0.2) is 9.78 Å². The molecule has 2 aromatic heterocycles. The number of carbonyl (C=O) groups is 1. The van der Waals surface area contributed by atoms with E-state index in [2.05, 4.69) is 26.8 Å². The van der Waals surface area contributed by atoms with E-state index in [-0.39, 0.29) is 12.2 Å². The molecule has 1 aromatic carbocycles. The number of methoxy groups -OCH3 is 1. The minimum absolute atomic E-state index is 0.139. The van der Waals surface area contributed by atoms with Crippen LogP contribution in [0.1, 0.15) is 0 Å². The second kappa shape index (κ2) is 8.03. The number of aromatic nitrogens is 2. The maximum atomic E-state index is 12.3. The van der Waals surface area contributed by atoms with Crippen molar-refractivity contribution in [3.8, 4) is 5.88 Å². The highest BCUT2D eigenvalue weighted by Gasteiger charge is 2.37. The van der Waals surface area contributed by atoms with Gasteiger partial charge in [0.05, 0.1) is 24.9 Å². The minimum atomic E-state index is -0.275. The molecular formula is C23H25N5O3. The number of ether oxygens (including phenoxy) is 2. The molecule has 3 aromatic rings. The van der Waals surface area contributed by atoms with Crippen molar-refractivity contribution in [3.63, 3.8) is 0 Å². The number of likely N-dealkylation sites (N-methyl/N-ethyl adjacent to an activating group) is 1. The summed E-state index contributed by atoms with van der Waals surface area (Å²) in [5.41, 5.74) is 3.65. The molecule has 0 spiro atoms. The van der Waals surface area contributed by atoms with Gasteiger partial charge in [0.2, 0.25) is 5.88 Å². The quantitative estimate of drug-likeness (QED) is 0.608. The maximum absolute atomic E-state index is 12.3. The number of anilines is 2. The van der Waals surface area contributed by atoms with E-state index in [1.54, 1.807) is 12.0 Å². The first-order valence-corrected chi connectivity index (χ1v) is 10.4. The lowest BCUT2D eigenvalue weighted by molar-refractivity contribution is 0.0957. The molecular weight excluding hydrogens is 394 g/mol. The normalized spacial score (nSPS) is 19.1. The van der Waals surface area contributed by atoms with E-state index in [1.165, 1.54) is 0 Å². The molecule has 0 saturated carbocycles. The number of nitrogens with zero attached hydrogens (tertiary/aromatic N) is 5. The highest BCUT2D eigenvalue weighted by atomic mass is 16.6. The third-order valence-corrected chi connectivity index (χ3v) is 6.01. The number of cyclic esters (lactones) is 1. The molecule has 4 heterocycles. The second-order valence-corrected chi connectivity index (χ2v) is 8.00. The van der Waals surface area contributed by atoms with Crippen LogP contribution < -0.4 is 14.5 Å². The van der Waals surface area contributed by atoms with Gasteiger partial charge in [-0.3, -0.25) is 14.8 Å². The number of pyridine rings is 2. The Morgan fingerprint density at radius 3 is 2.71 bits per heavy atom. The van der Waals surface area contributed by atoms with Gasteiger partial charge in [-0.15, -0.1) is 0 Å². The minimum Gasteiger partial charge on any atom is -0.481 e. The fourth-order valence-corrected chi connectivity index (χ4v) is 4.20. The molecule has 8 nitrogen and oxygen atoms in total. The SMILES string of the molecule is COc1ccc2nccc(N3CC(N(C)C[C@@H]4CN(c5ccccc5)C(=O)O4)C3)c2n1. The molecule has 0 radical (unpaired) electrons. The average molecular weight is 419 g/mol. The number of para-hydroxylation sites is 1. The monoisotopic (exact) mass is 419 g/mol. The van der Waals surface area contributed by atoms with Crippen molar-refractivity contribution in [2.45, 2.75) is 12.1 Å². The summed E-state index contributed by atoms with van der Waals surface area (Å²) in [7, 11) is 3.71. The summed E-state index contributed by atoms with van der Waals surface area (Å²) in [4.78, 5) is 27.6. The molecule has 1 amide bonds. The molecule has 2 saturated heterocycles. The summed E-state index contributed by atoms with van der Waals surface area (Å²) in [5.74, 6) is 0.585. The Morgan fingerprint density at radius 1 is 1.13 bits per heavy atom. The van der Waals surface area contributed by atoms with Crippen molar-refractivity contribution in [2.24, 2.45) is 0 Å². The average Bonchev–Trinajstić information content (AvgIpc) is 3.13. The lowest BCUT2D eigenvalue weighted by Crippen LogP contribution is -2.59. The van der Waals surface area contributed by atoms with E-state index in [0.717, 1.165) is 35.5 Å². The van der Waals surface area contributed by atoms with Crippen molar-refractivity contribution in [3.05, 3.63) is 54.7 Å². The van der Waals surface area contributed by atoms with Gasteiger partial charge in [0.15, 0.2) is 0 Å². The first kappa shape index (κ1) is 19.6. The fourth-order valence-electron chi connectivity index (χ4n) is 4.20. The van der Waals surface area contributed by atoms with E-state index >= 15 is 0 Å². The van der Waals surface area contributed by atoms with Crippen LogP contribution in [0, 0.1) is 0 Å². The third kappa shape index (κ3) is 3.74. The van der Waals surface area contributed by atoms with Gasteiger partial charge in [-0.2, -0.15) is 0 Å². The Hall–Kier alpha value is -3.39. The van der Waals surface area contributed by atoms with Crippen molar-refractivity contribution in [2.75, 3.05) is 50.1 Å². The summed E-state index contributed by atoms with van der Waals surface area (Å²) in [6.45, 7) is 3.05. The summed E-state index contributed by atoms with van der Waals surface area (Å²) >= 11 is 0. The number of rotatable bonds is 6. The summed E-state index contributed by atoms with van der Waals surface area (Å²) in [5, 5.41) is 0. The molecule has 2 fully saturated rings. The zero-order valence-corrected chi connectivity index (χ0v) is 17.6. The van der Waals surface area contributed by atoms with E-state index in [0.29, 0.717) is 25.0 Å². The van der Waals surface area contributed by atoms with E-state index in [4.69, 9.17) is 9.47 Å². The number of benzene rings is 1. The lowest BCUT2D eigenvalue weighted by atomic mass is 10.1. The molecule has 0 N–H and O–H groups in total. The molecule has 1 atom stereocenters. The van der Waals surface area contributed by atoms with Gasteiger partial charge < -0.3 is 14.4 Å². The van der Waals surface area contributed by atoms with Crippen LogP contribution in [-0.2, 0) is 4.74 Å². The van der Waals surface area contributed by atoms with Crippen LogP contribution >= 0.6 is 0 Å². The van der Waals surface area contributed by atoms with Crippen LogP contribution in [0.5, 0.6) is 5.88 Å². The van der Waals surface area contributed by atoms with Crippen LogP contribution in [0.4, 0.5) is 16.2 Å². The number of hydrogen-bond acceptors (Lipinski definition) is 7. The van der Waals surface area contributed by atoms with Crippen molar-refractivity contribution in [1.82, 2.24) is 14.9 Å². The summed E-state index contributed by atoms with van der Waals surface area (Å²) in [6, 6.07) is 15.8. The van der Waals surface area contributed by atoms with Crippen LogP contribution in [0.15, 0.2) is 54.7 Å². The third-order valence-electron chi connectivity index (χ3n) is 6.01. The first-order valence-electron chi connectivity index (χ1n) is 10.4. The Balaban J connectivity index is 1.21. The van der Waals surface area contributed by atoms with Gasteiger partial charge >= 0.3 is 6.09 Å². The molecule has 0 bridgehead atoms. The van der Waals surface area contributed by atoms with Crippen LogP contribution in [0.3, 0.4) is 0 Å². The van der Waals surface area contributed by atoms with Crippen molar-refractivity contribution < 1.29 is 14.3 Å². The lowest BCUT2D eigenvalue weighted by Gasteiger charge is -2.45. The maximum Gasteiger partial charge on any atom is 0.414 e. The standard InChI is InChI=1S/C23H25N5O3/c1-26(14-18-15-28(23(29)31-18)16-6-4-3-5-7-16)17-12-27(13-17)20-10-11-24-19-8-9-21(30-2)25-22(19)20/h3-11,17-18H,12-15H2,1-2H3/t18-/m1/s1. The fraction of sp³-hybridized carbons (Fsp3) is 0.348. The number of hydrogen-bond donors (Lipinski definition) is 0. The molecule has 8 heteroatoms. The topological polar surface area (TPSA) is 71.0 Å². The number of carbonyl (C=O) groups excluding carboxylic acids is 1. The molecule has 0 aliphatic carbocycles. The predicted octanol–water partition coefficient (Wildman–Crippen LogP) is 2.78. The molecule has 2 aliphatic rings. The molecule has 5 rings (SSSR count). The first-order chi connectivity index (χ1) is 15.1. The Bertz CT molecular complexity index is 1090. The number of fused-ring (bicyclic) bond motifs is 1. The van der Waals surface area contributed by atoms with Gasteiger partial charge in [0.25, 0.3) is 0 Å². The highest BCUT2D eigenvalue weighted by Crippen LogP contribution is 2.30. The predicted molar refractivity (Wildman–Crippen MR) is 119 cm³/mol.